The van der Waals surface area contributed by atoms with Gasteiger partial charge in [-0.15, -0.1) is 0 Å². The Morgan fingerprint density at radius 1 is 0.625 bits per heavy atom. The van der Waals surface area contributed by atoms with E-state index in [0.717, 1.165) is 20.9 Å². The smallest absolute Gasteiger partial charge is 0.251 e. The number of halogens is 2. The average molecular weight is 547 g/mol. The molecule has 2 fully saturated rings. The summed E-state index contributed by atoms with van der Waals surface area (Å²) in [5.74, 6) is -2.18. The van der Waals surface area contributed by atoms with Gasteiger partial charge in [0.15, 0.2) is 0 Å². The quantitative estimate of drug-likeness (QED) is 0.380. The second-order valence-corrected chi connectivity index (χ2v) is 9.83. The van der Waals surface area contributed by atoms with E-state index in [2.05, 4.69) is 10.6 Å². The lowest BCUT2D eigenvalue weighted by Gasteiger charge is -2.19. The minimum absolute atomic E-state index is 0.00416. The topological polar surface area (TPSA) is 98.8 Å². The molecule has 0 bridgehead atoms. The summed E-state index contributed by atoms with van der Waals surface area (Å²) in [6.45, 7) is 0.799. The van der Waals surface area contributed by atoms with Gasteiger partial charge in [0.25, 0.3) is 11.8 Å². The molecule has 0 radical (unpaired) electrons. The molecule has 2 saturated heterocycles. The van der Waals surface area contributed by atoms with Crippen molar-refractivity contribution in [1.82, 2.24) is 10.6 Å². The van der Waals surface area contributed by atoms with Crippen molar-refractivity contribution in [1.29, 1.82) is 0 Å². The van der Waals surface area contributed by atoms with Gasteiger partial charge in [0.05, 0.1) is 36.3 Å². The second-order valence-electron chi connectivity index (χ2n) is 9.83. The van der Waals surface area contributed by atoms with Crippen LogP contribution in [0.4, 0.5) is 20.2 Å². The third kappa shape index (κ3) is 5.98. The van der Waals surface area contributed by atoms with Gasteiger partial charge < -0.3 is 10.6 Å². The average Bonchev–Trinajstić information content (AvgIpc) is 3.37. The van der Waals surface area contributed by atoms with Gasteiger partial charge in [-0.2, -0.15) is 0 Å². The molecule has 40 heavy (non-hydrogen) atoms. The van der Waals surface area contributed by atoms with Crippen molar-refractivity contribution >= 4 is 35.0 Å². The van der Waals surface area contributed by atoms with Crippen LogP contribution in [-0.2, 0) is 32.0 Å². The second kappa shape index (κ2) is 11.8. The van der Waals surface area contributed by atoms with Gasteiger partial charge in [0, 0.05) is 0 Å². The fourth-order valence-electron chi connectivity index (χ4n) is 5.04. The maximum atomic E-state index is 13.4. The summed E-state index contributed by atoms with van der Waals surface area (Å²) in [6, 6.07) is 17.2. The maximum Gasteiger partial charge on any atom is 0.251 e. The van der Waals surface area contributed by atoms with Crippen LogP contribution in [-0.4, -0.2) is 48.8 Å². The summed E-state index contributed by atoms with van der Waals surface area (Å²) in [5, 5.41) is 6.15. The molecular weight excluding hydrogens is 518 g/mol. The van der Waals surface area contributed by atoms with Crippen LogP contribution in [0.5, 0.6) is 0 Å². The lowest BCUT2D eigenvalue weighted by Crippen LogP contribution is -2.40. The Hall–Kier alpha value is -4.28. The summed E-state index contributed by atoms with van der Waals surface area (Å²) >= 11 is 0. The van der Waals surface area contributed by atoms with E-state index in [1.165, 1.54) is 48.5 Å². The first-order valence-electron chi connectivity index (χ1n) is 13.1. The molecule has 8 nitrogen and oxygen atoms in total. The van der Waals surface area contributed by atoms with Crippen molar-refractivity contribution in [2.45, 2.75) is 37.8 Å². The standard InChI is InChI=1S/C30H28F2N4O4/c31-21-5-1-3-19(15-21)11-13-33-25-17-27(37)35(29(25)39)23-7-9-24(10-8-23)36-28(38)18-26(30(36)40)34-14-12-20-4-2-6-22(32)16-20/h1-10,15-16,25-26,33-34H,11-14,17-18H2. The number of imide groups is 2. The van der Waals surface area contributed by atoms with Crippen LogP contribution in [0.25, 0.3) is 0 Å². The molecule has 206 valence electrons. The van der Waals surface area contributed by atoms with E-state index in [9.17, 15) is 28.0 Å². The number of hydrogen-bond donors (Lipinski definition) is 2. The van der Waals surface area contributed by atoms with Crippen LogP contribution >= 0.6 is 0 Å². The number of rotatable bonds is 10. The first-order chi connectivity index (χ1) is 19.3. The third-order valence-corrected chi connectivity index (χ3v) is 7.05. The highest BCUT2D eigenvalue weighted by Crippen LogP contribution is 2.28. The largest absolute Gasteiger partial charge is 0.305 e. The number of nitrogens with zero attached hydrogens (tertiary/aromatic N) is 2. The Labute approximate surface area is 230 Å². The fraction of sp³-hybridized carbons (Fsp3) is 0.267. The summed E-state index contributed by atoms with van der Waals surface area (Å²) in [5.41, 5.74) is 2.26. The lowest BCUT2D eigenvalue weighted by molar-refractivity contribution is -0.123. The number of nitrogens with one attached hydrogen (secondary N) is 2. The van der Waals surface area contributed by atoms with Gasteiger partial charge in [-0.3, -0.25) is 19.2 Å². The third-order valence-electron chi connectivity index (χ3n) is 7.05. The molecule has 0 spiro atoms. The Balaban J connectivity index is 1.16. The maximum absolute atomic E-state index is 13.4. The Morgan fingerprint density at radius 3 is 1.40 bits per heavy atom. The van der Waals surface area contributed by atoms with Crippen molar-refractivity contribution in [3.05, 3.63) is 95.6 Å². The van der Waals surface area contributed by atoms with Crippen LogP contribution in [0, 0.1) is 11.6 Å². The van der Waals surface area contributed by atoms with Crippen LogP contribution in [0.1, 0.15) is 24.0 Å². The monoisotopic (exact) mass is 546 g/mol. The van der Waals surface area contributed by atoms with Gasteiger partial charge in [0.1, 0.15) is 11.6 Å². The van der Waals surface area contributed by atoms with Crippen LogP contribution < -0.4 is 20.4 Å². The number of anilines is 2. The minimum Gasteiger partial charge on any atom is -0.305 e. The van der Waals surface area contributed by atoms with E-state index in [1.54, 1.807) is 24.3 Å². The molecule has 2 aliphatic heterocycles. The minimum atomic E-state index is -0.693. The Kier molecular flexibility index (Phi) is 8.09. The normalized spacial score (nSPS) is 19.2. The molecule has 10 heteroatoms. The first-order valence-corrected chi connectivity index (χ1v) is 13.1. The van der Waals surface area contributed by atoms with Gasteiger partial charge in [-0.25, -0.2) is 18.6 Å². The summed E-state index contributed by atoms with van der Waals surface area (Å²) in [6.07, 6.45) is 0.998. The summed E-state index contributed by atoms with van der Waals surface area (Å²) < 4.78 is 26.8. The van der Waals surface area contributed by atoms with E-state index >= 15 is 0 Å². The van der Waals surface area contributed by atoms with Crippen molar-refractivity contribution in [2.75, 3.05) is 22.9 Å². The van der Waals surface area contributed by atoms with Crippen molar-refractivity contribution in [3.8, 4) is 0 Å². The van der Waals surface area contributed by atoms with Gasteiger partial charge in [-0.05, 0) is 85.6 Å². The van der Waals surface area contributed by atoms with Crippen LogP contribution in [0.2, 0.25) is 0 Å². The predicted molar refractivity (Wildman–Crippen MR) is 144 cm³/mol. The van der Waals surface area contributed by atoms with Gasteiger partial charge >= 0.3 is 0 Å². The molecule has 2 heterocycles. The van der Waals surface area contributed by atoms with Crippen LogP contribution in [0.15, 0.2) is 72.8 Å². The molecule has 2 unspecified atom stereocenters. The number of hydrogen-bond acceptors (Lipinski definition) is 6. The van der Waals surface area contributed by atoms with Crippen molar-refractivity contribution < 1.29 is 28.0 Å². The zero-order valence-corrected chi connectivity index (χ0v) is 21.6. The molecule has 5 rings (SSSR count). The molecule has 0 aromatic heterocycles. The molecule has 0 saturated carbocycles. The molecule has 3 aromatic carbocycles. The predicted octanol–water partition coefficient (Wildman–Crippen LogP) is 2.89. The molecular formula is C30H28F2N4O4. The molecule has 3 aromatic rings. The van der Waals surface area contributed by atoms with Gasteiger partial charge in [0.2, 0.25) is 11.8 Å². The molecule has 2 atom stereocenters. The summed E-state index contributed by atoms with van der Waals surface area (Å²) in [4.78, 5) is 53.4. The van der Waals surface area contributed by atoms with E-state index in [-0.39, 0.29) is 36.3 Å². The first kappa shape index (κ1) is 27.3. The lowest BCUT2D eigenvalue weighted by atomic mass is 10.1. The number of amides is 4. The van der Waals surface area contributed by atoms with Crippen molar-refractivity contribution in [3.63, 3.8) is 0 Å². The number of carbonyl (C=O) groups excluding carboxylic acids is 4. The summed E-state index contributed by atoms with van der Waals surface area (Å²) in [7, 11) is 0. The Bertz CT molecular complexity index is 1340. The van der Waals surface area contributed by atoms with E-state index in [1.807, 2.05) is 0 Å². The Morgan fingerprint density at radius 2 is 1.02 bits per heavy atom. The van der Waals surface area contributed by atoms with Gasteiger partial charge in [-0.1, -0.05) is 24.3 Å². The molecule has 2 N–H and O–H groups in total. The van der Waals surface area contributed by atoms with E-state index in [4.69, 9.17) is 0 Å². The molecule has 0 aliphatic carbocycles. The zero-order valence-electron chi connectivity index (χ0n) is 21.6. The number of carbonyl (C=O) groups is 4. The van der Waals surface area contributed by atoms with E-state index in [0.29, 0.717) is 37.3 Å². The highest BCUT2D eigenvalue weighted by atomic mass is 19.1. The van der Waals surface area contributed by atoms with E-state index < -0.39 is 23.9 Å². The SMILES string of the molecule is O=C1CC(NCCc2cccc(F)c2)C(=O)N1c1ccc(N2C(=O)CC(NCCc3cccc(F)c3)C2=O)cc1. The fourth-order valence-corrected chi connectivity index (χ4v) is 5.04. The molecule has 2 aliphatic rings. The number of benzene rings is 3. The van der Waals surface area contributed by atoms with Crippen molar-refractivity contribution in [2.24, 2.45) is 0 Å². The highest BCUT2D eigenvalue weighted by molar-refractivity contribution is 6.24. The van der Waals surface area contributed by atoms with Crippen LogP contribution in [0.3, 0.4) is 0 Å². The highest BCUT2D eigenvalue weighted by Gasteiger charge is 2.41. The molecule has 4 amide bonds. The zero-order chi connectivity index (χ0) is 28.2.